The molecule has 2 aromatic carbocycles. The summed E-state index contributed by atoms with van der Waals surface area (Å²) in [6.45, 7) is 2.71. The minimum atomic E-state index is -0.840. The van der Waals surface area contributed by atoms with Crippen LogP contribution in [0.25, 0.3) is 5.76 Å². The first-order valence-corrected chi connectivity index (χ1v) is 12.0. The van der Waals surface area contributed by atoms with Gasteiger partial charge in [-0.25, -0.2) is 4.98 Å². The first-order valence-electron chi connectivity index (χ1n) is 11.1. The van der Waals surface area contributed by atoms with Gasteiger partial charge in [-0.15, -0.1) is 11.3 Å². The van der Waals surface area contributed by atoms with Crippen molar-refractivity contribution in [2.24, 2.45) is 0 Å². The molecule has 1 fully saturated rings. The van der Waals surface area contributed by atoms with Gasteiger partial charge in [-0.3, -0.25) is 14.5 Å². The standard InChI is InChI=1S/C26H26N2O5S/c1-3-4-5-14-33-20-8-6-7-18(16-20)22-21(23(29)17-9-11-19(32-2)12-10-17)24(30)25(31)28(22)26-27-13-15-34-26/h6-13,15-16,22,29H,3-5,14H2,1-2H3/b23-21+. The first-order chi connectivity index (χ1) is 16.5. The first kappa shape index (κ1) is 23.5. The van der Waals surface area contributed by atoms with Gasteiger partial charge >= 0.3 is 5.91 Å². The van der Waals surface area contributed by atoms with Crippen molar-refractivity contribution in [2.45, 2.75) is 32.2 Å². The number of amides is 1. The number of ketones is 1. The number of aliphatic hydroxyl groups is 1. The van der Waals surface area contributed by atoms with Gasteiger partial charge in [0.25, 0.3) is 5.78 Å². The predicted molar refractivity (Wildman–Crippen MR) is 131 cm³/mol. The number of hydrogen-bond acceptors (Lipinski definition) is 7. The molecule has 1 atom stereocenters. The number of rotatable bonds is 9. The van der Waals surface area contributed by atoms with Crippen LogP contribution in [0, 0.1) is 0 Å². The molecule has 4 rings (SSSR count). The third-order valence-electron chi connectivity index (χ3n) is 5.62. The molecule has 1 aliphatic rings. The van der Waals surface area contributed by atoms with E-state index < -0.39 is 17.7 Å². The number of anilines is 1. The highest BCUT2D eigenvalue weighted by Gasteiger charge is 2.48. The summed E-state index contributed by atoms with van der Waals surface area (Å²) in [5, 5.41) is 13.3. The smallest absolute Gasteiger partial charge is 0.301 e. The van der Waals surface area contributed by atoms with E-state index in [9.17, 15) is 14.7 Å². The van der Waals surface area contributed by atoms with Gasteiger partial charge in [0.2, 0.25) is 0 Å². The number of aromatic nitrogens is 1. The van der Waals surface area contributed by atoms with E-state index >= 15 is 0 Å². The van der Waals surface area contributed by atoms with Gasteiger partial charge in [0, 0.05) is 17.1 Å². The van der Waals surface area contributed by atoms with E-state index in [1.807, 2.05) is 24.3 Å². The van der Waals surface area contributed by atoms with E-state index in [2.05, 4.69) is 11.9 Å². The molecule has 1 aliphatic heterocycles. The Kier molecular flexibility index (Phi) is 7.27. The number of nitrogens with zero attached hydrogens (tertiary/aromatic N) is 2. The lowest BCUT2D eigenvalue weighted by Crippen LogP contribution is -2.29. The molecule has 0 saturated carbocycles. The Morgan fingerprint density at radius 3 is 2.59 bits per heavy atom. The number of aliphatic hydroxyl groups excluding tert-OH is 1. The molecule has 1 saturated heterocycles. The van der Waals surface area contributed by atoms with E-state index in [1.54, 1.807) is 43.0 Å². The Bertz CT molecular complexity index is 1190. The van der Waals surface area contributed by atoms with Gasteiger partial charge in [-0.2, -0.15) is 0 Å². The minimum Gasteiger partial charge on any atom is -0.507 e. The Morgan fingerprint density at radius 1 is 1.12 bits per heavy atom. The largest absolute Gasteiger partial charge is 0.507 e. The fraction of sp³-hybridized carbons (Fsp3) is 0.269. The van der Waals surface area contributed by atoms with Gasteiger partial charge in [-0.05, 0) is 48.4 Å². The number of methoxy groups -OCH3 is 1. The number of thiazole rings is 1. The normalized spacial score (nSPS) is 17.2. The van der Waals surface area contributed by atoms with E-state index in [-0.39, 0.29) is 11.3 Å². The van der Waals surface area contributed by atoms with Crippen LogP contribution < -0.4 is 14.4 Å². The van der Waals surface area contributed by atoms with E-state index in [1.165, 1.54) is 16.2 Å². The maximum Gasteiger partial charge on any atom is 0.301 e. The summed E-state index contributed by atoms with van der Waals surface area (Å²) in [5.74, 6) is -0.488. The van der Waals surface area contributed by atoms with Crippen LogP contribution in [-0.2, 0) is 9.59 Å². The molecule has 1 unspecified atom stereocenters. The Labute approximate surface area is 202 Å². The molecule has 1 amide bonds. The van der Waals surface area contributed by atoms with Gasteiger partial charge in [0.05, 0.1) is 25.3 Å². The minimum absolute atomic E-state index is 0.00787. The van der Waals surface area contributed by atoms with Crippen molar-refractivity contribution < 1.29 is 24.2 Å². The molecule has 0 spiro atoms. The lowest BCUT2D eigenvalue weighted by molar-refractivity contribution is -0.132. The molecule has 3 aromatic rings. The maximum absolute atomic E-state index is 13.2. The number of benzene rings is 2. The SMILES string of the molecule is CCCCCOc1cccc(C2/C(=C(\O)c3ccc(OC)cc3)C(=O)C(=O)N2c2nccs2)c1. The van der Waals surface area contributed by atoms with Crippen LogP contribution in [0.2, 0.25) is 0 Å². The summed E-state index contributed by atoms with van der Waals surface area (Å²) in [6.07, 6.45) is 4.69. The fourth-order valence-electron chi connectivity index (χ4n) is 3.90. The molecule has 2 heterocycles. The van der Waals surface area contributed by atoms with Crippen LogP contribution in [0.4, 0.5) is 5.13 Å². The molecule has 34 heavy (non-hydrogen) atoms. The van der Waals surface area contributed by atoms with Gasteiger partial charge < -0.3 is 14.6 Å². The van der Waals surface area contributed by atoms with Crippen LogP contribution >= 0.6 is 11.3 Å². The molecule has 0 aliphatic carbocycles. The number of ether oxygens (including phenoxy) is 2. The zero-order valence-corrected chi connectivity index (χ0v) is 19.9. The molecular weight excluding hydrogens is 452 g/mol. The molecule has 176 valence electrons. The van der Waals surface area contributed by atoms with Crippen LogP contribution in [0.5, 0.6) is 11.5 Å². The average Bonchev–Trinajstić information content (AvgIpc) is 3.48. The van der Waals surface area contributed by atoms with Crippen LogP contribution in [0.3, 0.4) is 0 Å². The third kappa shape index (κ3) is 4.68. The molecule has 0 radical (unpaired) electrons. The number of Topliss-reactive ketones (excluding diaryl/α,β-unsaturated/α-hetero) is 1. The summed E-state index contributed by atoms with van der Waals surface area (Å²) in [6, 6.07) is 13.1. The Balaban J connectivity index is 1.79. The van der Waals surface area contributed by atoms with Crippen molar-refractivity contribution in [3.63, 3.8) is 0 Å². The van der Waals surface area contributed by atoms with Gasteiger partial charge in [0.15, 0.2) is 5.13 Å². The van der Waals surface area contributed by atoms with Crippen LogP contribution in [-0.4, -0.2) is 35.5 Å². The highest BCUT2D eigenvalue weighted by Crippen LogP contribution is 2.43. The third-order valence-corrected chi connectivity index (χ3v) is 6.39. The maximum atomic E-state index is 13.2. The van der Waals surface area contributed by atoms with Gasteiger partial charge in [-0.1, -0.05) is 31.9 Å². The number of carbonyl (C=O) groups is 2. The predicted octanol–water partition coefficient (Wildman–Crippen LogP) is 5.35. The van der Waals surface area contributed by atoms with Crippen molar-refractivity contribution in [3.8, 4) is 11.5 Å². The monoisotopic (exact) mass is 478 g/mol. The molecule has 7 nitrogen and oxygen atoms in total. The molecule has 1 N–H and O–H groups in total. The summed E-state index contributed by atoms with van der Waals surface area (Å²) in [4.78, 5) is 31.9. The highest BCUT2D eigenvalue weighted by molar-refractivity contribution is 7.14. The average molecular weight is 479 g/mol. The van der Waals surface area contributed by atoms with Gasteiger partial charge in [0.1, 0.15) is 17.3 Å². The fourth-order valence-corrected chi connectivity index (χ4v) is 4.57. The lowest BCUT2D eigenvalue weighted by Gasteiger charge is -2.23. The van der Waals surface area contributed by atoms with Crippen LogP contribution in [0.15, 0.2) is 65.7 Å². The van der Waals surface area contributed by atoms with E-state index in [0.717, 1.165) is 19.3 Å². The quantitative estimate of drug-likeness (QED) is 0.193. The number of unbranched alkanes of at least 4 members (excludes halogenated alkanes) is 2. The van der Waals surface area contributed by atoms with E-state index in [0.29, 0.717) is 34.4 Å². The second-order valence-electron chi connectivity index (χ2n) is 7.84. The lowest BCUT2D eigenvalue weighted by atomic mass is 9.95. The Hall–Kier alpha value is -3.65. The highest BCUT2D eigenvalue weighted by atomic mass is 32.1. The molecule has 0 bridgehead atoms. The van der Waals surface area contributed by atoms with Crippen molar-refractivity contribution in [2.75, 3.05) is 18.6 Å². The van der Waals surface area contributed by atoms with Crippen molar-refractivity contribution in [3.05, 3.63) is 76.8 Å². The molecule has 8 heteroatoms. The van der Waals surface area contributed by atoms with Crippen molar-refractivity contribution in [1.82, 2.24) is 4.98 Å². The molecular formula is C26H26N2O5S. The summed E-state index contributed by atoms with van der Waals surface area (Å²) in [7, 11) is 1.55. The Morgan fingerprint density at radius 2 is 1.91 bits per heavy atom. The topological polar surface area (TPSA) is 89.0 Å². The zero-order chi connectivity index (χ0) is 24.1. The number of carbonyl (C=O) groups excluding carboxylic acids is 2. The van der Waals surface area contributed by atoms with Crippen molar-refractivity contribution >= 4 is 33.9 Å². The summed E-state index contributed by atoms with van der Waals surface area (Å²) < 4.78 is 11.1. The summed E-state index contributed by atoms with van der Waals surface area (Å²) in [5.41, 5.74) is 1.07. The zero-order valence-electron chi connectivity index (χ0n) is 19.1. The second kappa shape index (κ2) is 10.5. The second-order valence-corrected chi connectivity index (χ2v) is 8.71. The summed E-state index contributed by atoms with van der Waals surface area (Å²) >= 11 is 1.25. The molecule has 1 aromatic heterocycles. The number of hydrogen-bond donors (Lipinski definition) is 1. The van der Waals surface area contributed by atoms with Crippen LogP contribution in [0.1, 0.15) is 43.4 Å². The van der Waals surface area contributed by atoms with Crippen molar-refractivity contribution in [1.29, 1.82) is 0 Å². The van der Waals surface area contributed by atoms with E-state index in [4.69, 9.17) is 9.47 Å².